The zero-order valence-corrected chi connectivity index (χ0v) is 15.1. The van der Waals surface area contributed by atoms with Crippen LogP contribution in [0.15, 0.2) is 18.2 Å². The summed E-state index contributed by atoms with van der Waals surface area (Å²) < 4.78 is 5.64. The SMILES string of the molecule is CN(C)CCOc1ccc(NC(=O)c2n[nH]c3c2CNCC3)cc1Cl. The fourth-order valence-corrected chi connectivity index (χ4v) is 2.87. The molecule has 0 aliphatic carbocycles. The zero-order valence-electron chi connectivity index (χ0n) is 14.4. The van der Waals surface area contributed by atoms with Crippen LogP contribution in [0.3, 0.4) is 0 Å². The molecule has 1 aliphatic heterocycles. The van der Waals surface area contributed by atoms with Gasteiger partial charge in [-0.1, -0.05) is 11.6 Å². The standard InChI is InChI=1S/C17H22ClN5O2/c1-23(2)7-8-25-15-4-3-11(9-13(15)18)20-17(24)16-12-10-19-6-5-14(12)21-22-16/h3-4,9,19H,5-8,10H2,1-2H3,(H,20,24)(H,21,22). The van der Waals surface area contributed by atoms with E-state index in [4.69, 9.17) is 16.3 Å². The molecule has 2 aromatic rings. The molecule has 2 heterocycles. The van der Waals surface area contributed by atoms with Crippen molar-refractivity contribution in [2.45, 2.75) is 13.0 Å². The summed E-state index contributed by atoms with van der Waals surface area (Å²) in [6.07, 6.45) is 0.848. The van der Waals surface area contributed by atoms with Gasteiger partial charge in [0.1, 0.15) is 12.4 Å². The summed E-state index contributed by atoms with van der Waals surface area (Å²) in [6.45, 7) is 2.88. The van der Waals surface area contributed by atoms with Gasteiger partial charge in [-0.05, 0) is 32.3 Å². The second-order valence-corrected chi connectivity index (χ2v) is 6.61. The molecule has 3 rings (SSSR count). The topological polar surface area (TPSA) is 82.3 Å². The van der Waals surface area contributed by atoms with Crippen molar-refractivity contribution in [2.75, 3.05) is 39.1 Å². The number of H-pyrrole nitrogens is 1. The van der Waals surface area contributed by atoms with Crippen LogP contribution in [0.25, 0.3) is 0 Å². The highest BCUT2D eigenvalue weighted by Gasteiger charge is 2.21. The smallest absolute Gasteiger partial charge is 0.276 e. The van der Waals surface area contributed by atoms with Crippen LogP contribution in [0, 0.1) is 0 Å². The van der Waals surface area contributed by atoms with E-state index in [2.05, 4.69) is 20.8 Å². The predicted octanol–water partition coefficient (Wildman–Crippen LogP) is 1.90. The Morgan fingerprint density at radius 1 is 1.44 bits per heavy atom. The first-order valence-corrected chi connectivity index (χ1v) is 8.57. The quantitative estimate of drug-likeness (QED) is 0.730. The fourth-order valence-electron chi connectivity index (χ4n) is 2.64. The maximum Gasteiger partial charge on any atom is 0.276 e. The summed E-state index contributed by atoms with van der Waals surface area (Å²) in [5.74, 6) is 0.349. The Kier molecular flexibility index (Phi) is 5.57. The van der Waals surface area contributed by atoms with Crippen LogP contribution in [0.5, 0.6) is 5.75 Å². The third kappa shape index (κ3) is 4.31. The lowest BCUT2D eigenvalue weighted by molar-refractivity contribution is 0.102. The van der Waals surface area contributed by atoms with Gasteiger partial charge in [0.15, 0.2) is 5.69 Å². The van der Waals surface area contributed by atoms with E-state index < -0.39 is 0 Å². The number of benzene rings is 1. The molecule has 0 saturated heterocycles. The molecule has 0 unspecified atom stereocenters. The maximum absolute atomic E-state index is 12.5. The highest BCUT2D eigenvalue weighted by molar-refractivity contribution is 6.32. The van der Waals surface area contributed by atoms with E-state index in [-0.39, 0.29) is 5.91 Å². The number of nitrogens with one attached hydrogen (secondary N) is 3. The lowest BCUT2D eigenvalue weighted by Gasteiger charge is -2.14. The third-order valence-corrected chi connectivity index (χ3v) is 4.30. The number of fused-ring (bicyclic) bond motifs is 1. The number of amides is 1. The summed E-state index contributed by atoms with van der Waals surface area (Å²) in [6, 6.07) is 5.21. The third-order valence-electron chi connectivity index (χ3n) is 4.01. The minimum atomic E-state index is -0.251. The lowest BCUT2D eigenvalue weighted by atomic mass is 10.1. The summed E-state index contributed by atoms with van der Waals surface area (Å²) in [5.41, 5.74) is 2.98. The van der Waals surface area contributed by atoms with Crippen LogP contribution in [0.4, 0.5) is 5.69 Å². The molecule has 0 spiro atoms. The fraction of sp³-hybridized carbons (Fsp3) is 0.412. The van der Waals surface area contributed by atoms with Crippen molar-refractivity contribution in [3.63, 3.8) is 0 Å². The predicted molar refractivity (Wildman–Crippen MR) is 97.5 cm³/mol. The highest BCUT2D eigenvalue weighted by atomic mass is 35.5. The van der Waals surface area contributed by atoms with Crippen molar-refractivity contribution in [1.82, 2.24) is 20.4 Å². The van der Waals surface area contributed by atoms with Gasteiger partial charge in [0.05, 0.1) is 5.02 Å². The van der Waals surface area contributed by atoms with Gasteiger partial charge in [0.2, 0.25) is 0 Å². The van der Waals surface area contributed by atoms with E-state index in [1.165, 1.54) is 0 Å². The molecule has 8 heteroatoms. The number of carbonyl (C=O) groups excluding carboxylic acids is 1. The van der Waals surface area contributed by atoms with E-state index in [0.717, 1.165) is 30.8 Å². The van der Waals surface area contributed by atoms with Gasteiger partial charge in [-0.2, -0.15) is 5.10 Å². The van der Waals surface area contributed by atoms with E-state index >= 15 is 0 Å². The first kappa shape index (κ1) is 17.7. The van der Waals surface area contributed by atoms with Gasteiger partial charge in [0, 0.05) is 43.0 Å². The van der Waals surface area contributed by atoms with Crippen LogP contribution in [-0.4, -0.2) is 54.8 Å². The first-order chi connectivity index (χ1) is 12.0. The van der Waals surface area contributed by atoms with E-state index in [1.54, 1.807) is 18.2 Å². The molecule has 0 fully saturated rings. The normalized spacial score (nSPS) is 13.6. The Morgan fingerprint density at radius 3 is 3.04 bits per heavy atom. The molecule has 3 N–H and O–H groups in total. The number of halogens is 1. The van der Waals surface area contributed by atoms with Crippen LogP contribution < -0.4 is 15.4 Å². The number of carbonyl (C=O) groups is 1. The van der Waals surface area contributed by atoms with Gasteiger partial charge >= 0.3 is 0 Å². The van der Waals surface area contributed by atoms with Crippen LogP contribution in [-0.2, 0) is 13.0 Å². The number of aromatic amines is 1. The van der Waals surface area contributed by atoms with Crippen molar-refractivity contribution < 1.29 is 9.53 Å². The van der Waals surface area contributed by atoms with Gasteiger partial charge < -0.3 is 20.3 Å². The largest absolute Gasteiger partial charge is 0.491 e. The van der Waals surface area contributed by atoms with Gasteiger partial charge in [-0.25, -0.2) is 0 Å². The number of likely N-dealkylation sites (N-methyl/N-ethyl adjacent to an activating group) is 1. The van der Waals surface area contributed by atoms with Crippen LogP contribution in [0.2, 0.25) is 5.02 Å². The number of rotatable bonds is 6. The van der Waals surface area contributed by atoms with Gasteiger partial charge in [-0.15, -0.1) is 0 Å². The highest BCUT2D eigenvalue weighted by Crippen LogP contribution is 2.28. The Hall–Kier alpha value is -2.09. The van der Waals surface area contributed by atoms with Crippen molar-refractivity contribution in [3.8, 4) is 5.75 Å². The van der Waals surface area contributed by atoms with E-state index in [1.807, 2.05) is 19.0 Å². The number of hydrogen-bond acceptors (Lipinski definition) is 5. The minimum absolute atomic E-state index is 0.251. The molecule has 25 heavy (non-hydrogen) atoms. The molecule has 1 amide bonds. The summed E-state index contributed by atoms with van der Waals surface area (Å²) in [4.78, 5) is 14.5. The number of anilines is 1. The van der Waals surface area contributed by atoms with Crippen LogP contribution >= 0.6 is 11.6 Å². The van der Waals surface area contributed by atoms with Gasteiger partial charge in [-0.3, -0.25) is 9.89 Å². The maximum atomic E-state index is 12.5. The summed E-state index contributed by atoms with van der Waals surface area (Å²) >= 11 is 6.25. The Labute approximate surface area is 151 Å². The van der Waals surface area contributed by atoms with Crippen LogP contribution in [0.1, 0.15) is 21.7 Å². The Balaban J connectivity index is 1.65. The molecule has 1 aromatic heterocycles. The average molecular weight is 364 g/mol. The molecule has 0 atom stereocenters. The van der Waals surface area contributed by atoms with Crippen molar-refractivity contribution in [1.29, 1.82) is 0 Å². The summed E-state index contributed by atoms with van der Waals surface area (Å²) in [7, 11) is 3.96. The molecule has 7 nitrogen and oxygen atoms in total. The molecular weight excluding hydrogens is 342 g/mol. The molecule has 1 aliphatic rings. The number of aromatic nitrogens is 2. The Bertz CT molecular complexity index is 759. The second kappa shape index (κ2) is 7.86. The van der Waals surface area contributed by atoms with E-state index in [9.17, 15) is 4.79 Å². The number of nitrogens with zero attached hydrogens (tertiary/aromatic N) is 2. The van der Waals surface area contributed by atoms with E-state index in [0.29, 0.717) is 35.3 Å². The molecular formula is C17H22ClN5O2. The average Bonchev–Trinajstić information content (AvgIpc) is 3.01. The molecule has 0 radical (unpaired) electrons. The van der Waals surface area contributed by atoms with Crippen molar-refractivity contribution in [3.05, 3.63) is 40.2 Å². The zero-order chi connectivity index (χ0) is 17.8. The first-order valence-electron chi connectivity index (χ1n) is 8.20. The molecule has 0 saturated carbocycles. The Morgan fingerprint density at radius 2 is 2.28 bits per heavy atom. The second-order valence-electron chi connectivity index (χ2n) is 6.21. The number of hydrogen-bond donors (Lipinski definition) is 3. The molecule has 134 valence electrons. The molecule has 0 bridgehead atoms. The number of ether oxygens (including phenoxy) is 1. The van der Waals surface area contributed by atoms with Crippen molar-refractivity contribution in [2.24, 2.45) is 0 Å². The van der Waals surface area contributed by atoms with Gasteiger partial charge in [0.25, 0.3) is 5.91 Å². The molecule has 1 aromatic carbocycles. The lowest BCUT2D eigenvalue weighted by Crippen LogP contribution is -2.25. The minimum Gasteiger partial charge on any atom is -0.491 e. The monoisotopic (exact) mass is 363 g/mol. The van der Waals surface area contributed by atoms with Crippen molar-refractivity contribution >= 4 is 23.2 Å². The summed E-state index contributed by atoms with van der Waals surface area (Å²) in [5, 5.41) is 13.6.